The predicted octanol–water partition coefficient (Wildman–Crippen LogP) is 2.33. The SMILES string of the molecule is C[C@H](NC(=O)c1ccc(CCNS(C)(=O)=O)cc1)c1cccs1. The number of amides is 1. The number of carbonyl (C=O) groups is 1. The summed E-state index contributed by atoms with van der Waals surface area (Å²) in [5.41, 5.74) is 1.57. The molecule has 0 bridgehead atoms. The lowest BCUT2D eigenvalue weighted by Gasteiger charge is -2.12. The Morgan fingerprint density at radius 3 is 2.48 bits per heavy atom. The van der Waals surface area contributed by atoms with Crippen molar-refractivity contribution in [3.8, 4) is 0 Å². The van der Waals surface area contributed by atoms with Crippen LogP contribution in [0.1, 0.15) is 33.8 Å². The van der Waals surface area contributed by atoms with Gasteiger partial charge in [-0.1, -0.05) is 18.2 Å². The number of benzene rings is 1. The van der Waals surface area contributed by atoms with Gasteiger partial charge < -0.3 is 5.32 Å². The molecule has 0 saturated heterocycles. The third kappa shape index (κ3) is 5.78. The van der Waals surface area contributed by atoms with Gasteiger partial charge in [-0.15, -0.1) is 11.3 Å². The van der Waals surface area contributed by atoms with Crippen LogP contribution in [-0.4, -0.2) is 27.1 Å². The van der Waals surface area contributed by atoms with Crippen LogP contribution in [0, 0.1) is 0 Å². The van der Waals surface area contributed by atoms with E-state index in [9.17, 15) is 13.2 Å². The predicted molar refractivity (Wildman–Crippen MR) is 93.2 cm³/mol. The standard InChI is InChI=1S/C16H20N2O3S2/c1-12(15-4-3-11-22-15)18-16(19)14-7-5-13(6-8-14)9-10-17-23(2,20)21/h3-8,11-12,17H,9-10H2,1-2H3,(H,18,19)/t12-/m0/s1. The van der Waals surface area contributed by atoms with Crippen LogP contribution in [0.25, 0.3) is 0 Å². The highest BCUT2D eigenvalue weighted by molar-refractivity contribution is 7.88. The zero-order valence-corrected chi connectivity index (χ0v) is 14.7. The molecular weight excluding hydrogens is 332 g/mol. The van der Waals surface area contributed by atoms with E-state index in [0.717, 1.165) is 16.7 Å². The molecule has 7 heteroatoms. The highest BCUT2D eigenvalue weighted by Gasteiger charge is 2.12. The summed E-state index contributed by atoms with van der Waals surface area (Å²) in [6.45, 7) is 2.30. The summed E-state index contributed by atoms with van der Waals surface area (Å²) in [5, 5.41) is 4.94. The molecule has 5 nitrogen and oxygen atoms in total. The fraction of sp³-hybridized carbons (Fsp3) is 0.312. The summed E-state index contributed by atoms with van der Waals surface area (Å²) in [6, 6.07) is 11.1. The molecular formula is C16H20N2O3S2. The number of thiophene rings is 1. The molecule has 1 atom stereocenters. The number of hydrogen-bond acceptors (Lipinski definition) is 4. The molecule has 23 heavy (non-hydrogen) atoms. The van der Waals surface area contributed by atoms with E-state index in [0.29, 0.717) is 18.5 Å². The van der Waals surface area contributed by atoms with E-state index in [1.54, 1.807) is 23.5 Å². The first-order valence-electron chi connectivity index (χ1n) is 7.23. The van der Waals surface area contributed by atoms with E-state index in [4.69, 9.17) is 0 Å². The van der Waals surface area contributed by atoms with Crippen LogP contribution in [0.2, 0.25) is 0 Å². The van der Waals surface area contributed by atoms with Crippen LogP contribution in [0.3, 0.4) is 0 Å². The van der Waals surface area contributed by atoms with Gasteiger partial charge in [0.25, 0.3) is 5.91 Å². The maximum atomic E-state index is 12.2. The van der Waals surface area contributed by atoms with Crippen molar-refractivity contribution in [2.45, 2.75) is 19.4 Å². The second kappa shape index (κ2) is 7.72. The molecule has 1 aromatic carbocycles. The van der Waals surface area contributed by atoms with E-state index < -0.39 is 10.0 Å². The average molecular weight is 352 g/mol. The minimum atomic E-state index is -3.16. The zero-order valence-electron chi connectivity index (χ0n) is 13.1. The highest BCUT2D eigenvalue weighted by atomic mass is 32.2. The number of sulfonamides is 1. The van der Waals surface area contributed by atoms with E-state index in [1.807, 2.05) is 36.6 Å². The third-order valence-electron chi connectivity index (χ3n) is 3.31. The summed E-state index contributed by atoms with van der Waals surface area (Å²) in [6.07, 6.45) is 1.72. The van der Waals surface area contributed by atoms with Gasteiger partial charge in [0.05, 0.1) is 12.3 Å². The minimum absolute atomic E-state index is 0.0267. The monoisotopic (exact) mass is 352 g/mol. The fourth-order valence-electron chi connectivity index (χ4n) is 2.09. The van der Waals surface area contributed by atoms with Gasteiger partial charge in [0.15, 0.2) is 0 Å². The molecule has 1 heterocycles. The first-order valence-corrected chi connectivity index (χ1v) is 10.00. The smallest absolute Gasteiger partial charge is 0.251 e. The quantitative estimate of drug-likeness (QED) is 0.803. The number of rotatable bonds is 7. The second-order valence-electron chi connectivity index (χ2n) is 5.32. The van der Waals surface area contributed by atoms with Gasteiger partial charge in [-0.3, -0.25) is 4.79 Å². The van der Waals surface area contributed by atoms with Crippen molar-refractivity contribution in [1.82, 2.24) is 10.0 Å². The normalized spacial score (nSPS) is 12.8. The molecule has 0 saturated carbocycles. The Labute approximate surface area is 140 Å². The van der Waals surface area contributed by atoms with Crippen molar-refractivity contribution in [2.24, 2.45) is 0 Å². The van der Waals surface area contributed by atoms with Crippen LogP contribution in [0.5, 0.6) is 0 Å². The second-order valence-corrected chi connectivity index (χ2v) is 8.14. The van der Waals surface area contributed by atoms with Gasteiger partial charge in [-0.05, 0) is 42.5 Å². The maximum absolute atomic E-state index is 12.2. The van der Waals surface area contributed by atoms with Gasteiger partial charge in [0, 0.05) is 17.0 Å². The number of carbonyl (C=O) groups excluding carboxylic acids is 1. The third-order valence-corrected chi connectivity index (χ3v) is 5.10. The molecule has 0 aliphatic carbocycles. The molecule has 0 aliphatic rings. The molecule has 0 radical (unpaired) electrons. The molecule has 0 fully saturated rings. The van der Waals surface area contributed by atoms with Gasteiger partial charge in [0.2, 0.25) is 10.0 Å². The molecule has 2 rings (SSSR count). The Bertz CT molecular complexity index is 738. The van der Waals surface area contributed by atoms with Crippen molar-refractivity contribution in [2.75, 3.05) is 12.8 Å². The molecule has 1 aromatic heterocycles. The first-order chi connectivity index (χ1) is 10.8. The summed E-state index contributed by atoms with van der Waals surface area (Å²) in [4.78, 5) is 13.3. The molecule has 0 aliphatic heterocycles. The maximum Gasteiger partial charge on any atom is 0.251 e. The molecule has 1 amide bonds. The van der Waals surface area contributed by atoms with Gasteiger partial charge >= 0.3 is 0 Å². The van der Waals surface area contributed by atoms with E-state index >= 15 is 0 Å². The van der Waals surface area contributed by atoms with Crippen molar-refractivity contribution >= 4 is 27.3 Å². The Balaban J connectivity index is 1.90. The van der Waals surface area contributed by atoms with Crippen molar-refractivity contribution < 1.29 is 13.2 Å². The molecule has 2 N–H and O–H groups in total. The van der Waals surface area contributed by atoms with Crippen LogP contribution in [0.4, 0.5) is 0 Å². The van der Waals surface area contributed by atoms with Gasteiger partial charge in [0.1, 0.15) is 0 Å². The fourth-order valence-corrected chi connectivity index (χ4v) is 3.30. The van der Waals surface area contributed by atoms with Crippen molar-refractivity contribution in [3.63, 3.8) is 0 Å². The summed E-state index contributed by atoms with van der Waals surface area (Å²) < 4.78 is 24.4. The number of hydrogen-bond donors (Lipinski definition) is 2. The Morgan fingerprint density at radius 1 is 1.22 bits per heavy atom. The lowest BCUT2D eigenvalue weighted by molar-refractivity contribution is 0.0940. The van der Waals surface area contributed by atoms with Crippen LogP contribution < -0.4 is 10.0 Å². The van der Waals surface area contributed by atoms with E-state index in [1.165, 1.54) is 0 Å². The lowest BCUT2D eigenvalue weighted by Crippen LogP contribution is -2.26. The topological polar surface area (TPSA) is 75.3 Å². The molecule has 0 spiro atoms. The summed E-state index contributed by atoms with van der Waals surface area (Å²) >= 11 is 1.61. The largest absolute Gasteiger partial charge is 0.345 e. The van der Waals surface area contributed by atoms with E-state index in [-0.39, 0.29) is 11.9 Å². The average Bonchev–Trinajstić information content (AvgIpc) is 3.01. The number of nitrogens with one attached hydrogen (secondary N) is 2. The Kier molecular flexibility index (Phi) is 5.92. The lowest BCUT2D eigenvalue weighted by atomic mass is 10.1. The van der Waals surface area contributed by atoms with Gasteiger partial charge in [-0.2, -0.15) is 0 Å². The zero-order chi connectivity index (χ0) is 16.9. The van der Waals surface area contributed by atoms with Crippen LogP contribution >= 0.6 is 11.3 Å². The summed E-state index contributed by atoms with van der Waals surface area (Å²) in [7, 11) is -3.16. The Hall–Kier alpha value is -1.70. The van der Waals surface area contributed by atoms with E-state index in [2.05, 4.69) is 10.0 Å². The van der Waals surface area contributed by atoms with Crippen LogP contribution in [0.15, 0.2) is 41.8 Å². The van der Waals surface area contributed by atoms with Crippen LogP contribution in [-0.2, 0) is 16.4 Å². The first kappa shape index (κ1) is 17.7. The molecule has 124 valence electrons. The molecule has 2 aromatic rings. The van der Waals surface area contributed by atoms with Crippen molar-refractivity contribution in [3.05, 3.63) is 57.8 Å². The highest BCUT2D eigenvalue weighted by Crippen LogP contribution is 2.18. The summed E-state index contributed by atoms with van der Waals surface area (Å²) in [5.74, 6) is -0.119. The van der Waals surface area contributed by atoms with Gasteiger partial charge in [-0.25, -0.2) is 13.1 Å². The minimum Gasteiger partial charge on any atom is -0.345 e. The molecule has 0 unspecified atom stereocenters. The Morgan fingerprint density at radius 2 is 1.91 bits per heavy atom. The van der Waals surface area contributed by atoms with Crippen molar-refractivity contribution in [1.29, 1.82) is 0 Å².